The van der Waals surface area contributed by atoms with Crippen LogP contribution in [0.2, 0.25) is 0 Å². The van der Waals surface area contributed by atoms with Gasteiger partial charge in [-0.15, -0.1) is 0 Å². The van der Waals surface area contributed by atoms with Crippen molar-refractivity contribution in [3.05, 3.63) is 30.1 Å². The lowest BCUT2D eigenvalue weighted by Crippen LogP contribution is -2.49. The lowest BCUT2D eigenvalue weighted by Gasteiger charge is -2.38. The van der Waals surface area contributed by atoms with E-state index in [1.165, 1.54) is 25.0 Å². The van der Waals surface area contributed by atoms with E-state index in [-0.39, 0.29) is 5.82 Å². The smallest absolute Gasteiger partial charge is 0.123 e. The third-order valence-electron chi connectivity index (χ3n) is 6.46. The predicted molar refractivity (Wildman–Crippen MR) is 112 cm³/mol. The molecule has 0 spiro atoms. The van der Waals surface area contributed by atoms with Gasteiger partial charge in [-0.2, -0.15) is 0 Å². The fraction of sp³-hybridized carbons (Fsp3) is 0.739. The first-order chi connectivity index (χ1) is 13.3. The molecule has 2 fully saturated rings. The molecule has 0 radical (unpaired) electrons. The van der Waals surface area contributed by atoms with Gasteiger partial charge in [-0.25, -0.2) is 4.39 Å². The van der Waals surface area contributed by atoms with Gasteiger partial charge in [-0.3, -0.25) is 4.90 Å². The van der Waals surface area contributed by atoms with Gasteiger partial charge in [0.2, 0.25) is 0 Å². The highest BCUT2D eigenvalue weighted by Crippen LogP contribution is 2.38. The molecule has 1 saturated carbocycles. The molecule has 0 amide bonds. The zero-order chi connectivity index (χ0) is 20.1. The van der Waals surface area contributed by atoms with Gasteiger partial charge in [0.25, 0.3) is 0 Å². The average Bonchev–Trinajstić information content (AvgIpc) is 2.67. The number of halogens is 1. The van der Waals surface area contributed by atoms with Crippen LogP contribution in [0.4, 0.5) is 10.1 Å². The van der Waals surface area contributed by atoms with Crippen LogP contribution in [-0.4, -0.2) is 61.5 Å². The molecule has 0 unspecified atom stereocenters. The fourth-order valence-electron chi connectivity index (χ4n) is 4.53. The number of aliphatic hydroxyl groups is 1. The number of rotatable bonds is 6. The van der Waals surface area contributed by atoms with Gasteiger partial charge < -0.3 is 14.7 Å². The van der Waals surface area contributed by atoms with Gasteiger partial charge in [0.15, 0.2) is 0 Å². The minimum Gasteiger partial charge on any atom is -0.389 e. The number of hydrogen-bond donors (Lipinski definition) is 1. The van der Waals surface area contributed by atoms with Gasteiger partial charge in [0.05, 0.1) is 18.8 Å². The normalized spacial score (nSPS) is 25.7. The molecular weight excluding hydrogens is 355 g/mol. The molecule has 1 aromatic carbocycles. The average molecular weight is 393 g/mol. The van der Waals surface area contributed by atoms with E-state index in [0.29, 0.717) is 24.7 Å². The summed E-state index contributed by atoms with van der Waals surface area (Å²) in [5.41, 5.74) is 1.45. The van der Waals surface area contributed by atoms with Gasteiger partial charge in [0, 0.05) is 38.4 Å². The molecule has 4 nitrogen and oxygen atoms in total. The van der Waals surface area contributed by atoms with Crippen LogP contribution >= 0.6 is 0 Å². The number of benzene rings is 1. The van der Waals surface area contributed by atoms with Crippen molar-refractivity contribution in [2.75, 3.05) is 44.2 Å². The first kappa shape index (κ1) is 21.5. The highest BCUT2D eigenvalue weighted by Gasteiger charge is 2.30. The first-order valence-corrected chi connectivity index (χ1v) is 10.8. The van der Waals surface area contributed by atoms with Crippen molar-refractivity contribution >= 4 is 5.69 Å². The lowest BCUT2D eigenvalue weighted by molar-refractivity contribution is -0.0446. The van der Waals surface area contributed by atoms with Crippen LogP contribution in [0.3, 0.4) is 0 Å². The van der Waals surface area contributed by atoms with E-state index in [0.717, 1.165) is 50.6 Å². The Morgan fingerprint density at radius 3 is 2.21 bits per heavy atom. The summed E-state index contributed by atoms with van der Waals surface area (Å²) in [6.45, 7) is 11.7. The minimum absolute atomic E-state index is 0.197. The minimum atomic E-state index is -0.433. The Kier molecular flexibility index (Phi) is 7.35. The summed E-state index contributed by atoms with van der Waals surface area (Å²) in [6, 6.07) is 6.69. The zero-order valence-corrected chi connectivity index (χ0v) is 17.7. The molecule has 1 atom stereocenters. The van der Waals surface area contributed by atoms with Crippen molar-refractivity contribution in [3.63, 3.8) is 0 Å². The SMILES string of the molecule is CC(C)(C)C1CCC(OC[C@@H](O)CN2CCN(c3ccc(F)cc3)CC2)CC1. The maximum atomic E-state index is 13.1. The maximum Gasteiger partial charge on any atom is 0.123 e. The second-order valence-electron chi connectivity index (χ2n) is 9.59. The number of piperazine rings is 1. The molecule has 1 heterocycles. The summed E-state index contributed by atoms with van der Waals surface area (Å²) in [6.07, 6.45) is 4.57. The van der Waals surface area contributed by atoms with E-state index < -0.39 is 6.10 Å². The predicted octanol–water partition coefficient (Wildman–Crippen LogP) is 3.93. The monoisotopic (exact) mass is 392 g/mol. The summed E-state index contributed by atoms with van der Waals surface area (Å²) in [5, 5.41) is 10.4. The van der Waals surface area contributed by atoms with Gasteiger partial charge in [0.1, 0.15) is 5.82 Å². The molecule has 2 aliphatic rings. The van der Waals surface area contributed by atoms with Crippen LogP contribution in [-0.2, 0) is 4.74 Å². The Morgan fingerprint density at radius 2 is 1.64 bits per heavy atom. The number of ether oxygens (including phenoxy) is 1. The molecule has 158 valence electrons. The summed E-state index contributed by atoms with van der Waals surface area (Å²) in [4.78, 5) is 4.57. The Balaban J connectivity index is 1.33. The number of hydrogen-bond acceptors (Lipinski definition) is 4. The third kappa shape index (κ3) is 6.16. The molecule has 1 aliphatic heterocycles. The molecule has 28 heavy (non-hydrogen) atoms. The van der Waals surface area contributed by atoms with E-state index in [9.17, 15) is 9.50 Å². The fourth-order valence-corrected chi connectivity index (χ4v) is 4.53. The highest BCUT2D eigenvalue weighted by atomic mass is 19.1. The number of aliphatic hydroxyl groups excluding tert-OH is 1. The van der Waals surface area contributed by atoms with Crippen molar-refractivity contribution in [3.8, 4) is 0 Å². The molecule has 0 bridgehead atoms. The zero-order valence-electron chi connectivity index (χ0n) is 17.7. The van der Waals surface area contributed by atoms with E-state index >= 15 is 0 Å². The molecule has 1 aliphatic carbocycles. The Hall–Kier alpha value is -1.17. The van der Waals surface area contributed by atoms with E-state index in [1.807, 2.05) is 12.1 Å². The molecule has 5 heteroatoms. The van der Waals surface area contributed by atoms with Crippen molar-refractivity contribution in [1.29, 1.82) is 0 Å². The maximum absolute atomic E-state index is 13.1. The van der Waals surface area contributed by atoms with Crippen LogP contribution < -0.4 is 4.90 Å². The molecule has 1 N–H and O–H groups in total. The standard InChI is InChI=1S/C23H37FN2O2/c1-23(2,3)18-4-10-22(11-5-18)28-17-21(27)16-25-12-14-26(15-13-25)20-8-6-19(24)7-9-20/h6-9,18,21-22,27H,4-5,10-17H2,1-3H3/t18?,21-,22?/m0/s1. The van der Waals surface area contributed by atoms with E-state index in [2.05, 4.69) is 30.6 Å². The Labute approximate surface area is 169 Å². The van der Waals surface area contributed by atoms with Crippen LogP contribution in [0.25, 0.3) is 0 Å². The van der Waals surface area contributed by atoms with Crippen molar-refractivity contribution in [1.82, 2.24) is 4.90 Å². The first-order valence-electron chi connectivity index (χ1n) is 10.8. The Bertz CT molecular complexity index is 586. The van der Waals surface area contributed by atoms with Crippen molar-refractivity contribution in [2.24, 2.45) is 11.3 Å². The number of nitrogens with zero attached hydrogens (tertiary/aromatic N) is 2. The van der Waals surface area contributed by atoms with Crippen molar-refractivity contribution in [2.45, 2.75) is 58.7 Å². The van der Waals surface area contributed by atoms with E-state index in [4.69, 9.17) is 4.74 Å². The highest BCUT2D eigenvalue weighted by molar-refractivity contribution is 5.46. The summed E-state index contributed by atoms with van der Waals surface area (Å²) >= 11 is 0. The third-order valence-corrected chi connectivity index (χ3v) is 6.46. The molecular formula is C23H37FN2O2. The summed E-state index contributed by atoms with van der Waals surface area (Å²) < 4.78 is 19.1. The second kappa shape index (κ2) is 9.55. The van der Waals surface area contributed by atoms with E-state index in [1.54, 1.807) is 0 Å². The van der Waals surface area contributed by atoms with Crippen LogP contribution in [0, 0.1) is 17.2 Å². The summed E-state index contributed by atoms with van der Waals surface area (Å²) in [7, 11) is 0. The number of β-amino-alcohol motifs (C(OH)–C–C–N with tert-alkyl or cyclic N) is 1. The molecule has 3 rings (SSSR count). The van der Waals surface area contributed by atoms with Crippen LogP contribution in [0.1, 0.15) is 46.5 Å². The quantitative estimate of drug-likeness (QED) is 0.796. The molecule has 1 saturated heterocycles. The molecule has 1 aromatic rings. The van der Waals surface area contributed by atoms with Crippen LogP contribution in [0.5, 0.6) is 0 Å². The number of anilines is 1. The van der Waals surface area contributed by atoms with Gasteiger partial charge in [-0.05, 0) is 61.3 Å². The molecule has 0 aromatic heterocycles. The largest absolute Gasteiger partial charge is 0.389 e. The van der Waals surface area contributed by atoms with Gasteiger partial charge in [-0.1, -0.05) is 20.8 Å². The van der Waals surface area contributed by atoms with Crippen molar-refractivity contribution < 1.29 is 14.2 Å². The van der Waals surface area contributed by atoms with Crippen LogP contribution in [0.15, 0.2) is 24.3 Å². The summed E-state index contributed by atoms with van der Waals surface area (Å²) in [5.74, 6) is 0.590. The lowest BCUT2D eigenvalue weighted by atomic mass is 9.72. The Morgan fingerprint density at radius 1 is 1.04 bits per heavy atom. The topological polar surface area (TPSA) is 35.9 Å². The second-order valence-corrected chi connectivity index (χ2v) is 9.59. The van der Waals surface area contributed by atoms with Gasteiger partial charge >= 0.3 is 0 Å².